The smallest absolute Gasteiger partial charge is 0.416 e. The zero-order valence-electron chi connectivity index (χ0n) is 27.5. The lowest BCUT2D eigenvalue weighted by atomic mass is 10.1. The molecule has 1 aliphatic heterocycles. The lowest BCUT2D eigenvalue weighted by Crippen LogP contribution is -2.39. The third-order valence-corrected chi connectivity index (χ3v) is 9.35. The number of nitrogens with zero attached hydrogens (tertiary/aromatic N) is 6. The van der Waals surface area contributed by atoms with Crippen molar-refractivity contribution in [2.75, 3.05) is 23.9 Å². The SMILES string of the molecule is CCCCSc1nc(N(C(=O)OC(C)(C)C)[C@@H]2C[C@H]2c2ccc(F)c(F)c2)c2nnn([C@@H]3C[C@H](OCCO)[C@H]4OC(C)(C)O[C@H]43)c2n1. The molecule has 2 aliphatic carbocycles. The number of benzene rings is 1. The van der Waals surface area contributed by atoms with Crippen molar-refractivity contribution in [3.8, 4) is 0 Å². The summed E-state index contributed by atoms with van der Waals surface area (Å²) in [5.41, 5.74) is 0.452. The number of thioether (sulfide) groups is 1. The second kappa shape index (κ2) is 13.1. The molecular formula is C32H42F2N6O6S. The monoisotopic (exact) mass is 676 g/mol. The van der Waals surface area contributed by atoms with E-state index >= 15 is 0 Å². The van der Waals surface area contributed by atoms with Crippen LogP contribution in [0.1, 0.15) is 84.7 Å². The Morgan fingerprint density at radius 2 is 1.94 bits per heavy atom. The first kappa shape index (κ1) is 33.9. The third kappa shape index (κ3) is 7.09. The standard InChI is InChI=1S/C32H42F2N6O6S/c1-7-8-13-47-29-35-27(39(30(42)46-31(2,3)4)21-15-18(21)17-9-10-19(33)20(34)14-17)24-28(36-29)40(38-37-24)22-16-23(43-12-11-41)26-25(22)44-32(5,6)45-26/h9-10,14,18,21-23,25-26,41H,7-8,11-13,15-16H2,1-6H3/t18-,21+,22+,23-,25-,26+/m0/s1. The molecule has 2 aromatic heterocycles. The number of aliphatic hydroxyl groups is 1. The number of amides is 1. The van der Waals surface area contributed by atoms with E-state index < -0.39 is 47.4 Å². The molecule has 3 heterocycles. The van der Waals surface area contributed by atoms with Gasteiger partial charge < -0.3 is 24.1 Å². The zero-order valence-corrected chi connectivity index (χ0v) is 28.3. The maximum Gasteiger partial charge on any atom is 0.416 e. The predicted octanol–water partition coefficient (Wildman–Crippen LogP) is 5.53. The van der Waals surface area contributed by atoms with Gasteiger partial charge in [-0.15, -0.1) is 5.10 Å². The predicted molar refractivity (Wildman–Crippen MR) is 169 cm³/mol. The van der Waals surface area contributed by atoms with Crippen molar-refractivity contribution in [2.45, 2.75) is 120 Å². The molecule has 6 rings (SSSR count). The summed E-state index contributed by atoms with van der Waals surface area (Å²) >= 11 is 1.47. The lowest BCUT2D eigenvalue weighted by Gasteiger charge is -2.27. The number of hydrogen-bond donors (Lipinski definition) is 1. The van der Waals surface area contributed by atoms with Crippen molar-refractivity contribution in [2.24, 2.45) is 0 Å². The first-order valence-corrected chi connectivity index (χ1v) is 17.1. The van der Waals surface area contributed by atoms with Gasteiger partial charge in [-0.2, -0.15) is 0 Å². The third-order valence-electron chi connectivity index (χ3n) is 8.41. The molecule has 3 fully saturated rings. The van der Waals surface area contributed by atoms with Gasteiger partial charge in [0.25, 0.3) is 0 Å². The largest absolute Gasteiger partial charge is 0.443 e. The van der Waals surface area contributed by atoms with Crippen molar-refractivity contribution in [1.29, 1.82) is 0 Å². The number of hydrogen-bond acceptors (Lipinski definition) is 11. The van der Waals surface area contributed by atoms with E-state index in [0.717, 1.165) is 24.7 Å². The number of fused-ring (bicyclic) bond motifs is 2. The maximum atomic E-state index is 14.2. The highest BCUT2D eigenvalue weighted by Gasteiger charge is 2.56. The number of ether oxygens (including phenoxy) is 4. The van der Waals surface area contributed by atoms with Crippen molar-refractivity contribution in [1.82, 2.24) is 25.0 Å². The van der Waals surface area contributed by atoms with Gasteiger partial charge in [-0.3, -0.25) is 4.90 Å². The Morgan fingerprint density at radius 1 is 1.17 bits per heavy atom. The van der Waals surface area contributed by atoms with Crippen LogP contribution in [0.4, 0.5) is 19.4 Å². The van der Waals surface area contributed by atoms with Crippen LogP contribution in [0.5, 0.6) is 0 Å². The van der Waals surface area contributed by atoms with Crippen LogP contribution < -0.4 is 4.90 Å². The Morgan fingerprint density at radius 3 is 2.64 bits per heavy atom. The summed E-state index contributed by atoms with van der Waals surface area (Å²) < 4.78 is 54.1. The Hall–Kier alpha value is -2.98. The Balaban J connectivity index is 1.43. The second-order valence-electron chi connectivity index (χ2n) is 13.7. The molecule has 256 valence electrons. The average Bonchev–Trinajstić information content (AvgIpc) is 3.38. The van der Waals surface area contributed by atoms with Gasteiger partial charge in [0, 0.05) is 24.1 Å². The number of rotatable bonds is 11. The molecule has 15 heteroatoms. The molecule has 0 spiro atoms. The number of aliphatic hydroxyl groups excluding tert-OH is 1. The van der Waals surface area contributed by atoms with Gasteiger partial charge in [0.1, 0.15) is 17.8 Å². The normalized spacial score (nSPS) is 26.5. The highest BCUT2D eigenvalue weighted by molar-refractivity contribution is 7.99. The topological polar surface area (TPSA) is 134 Å². The minimum Gasteiger partial charge on any atom is -0.443 e. The molecule has 2 saturated carbocycles. The van der Waals surface area contributed by atoms with Crippen LogP contribution in [0.2, 0.25) is 0 Å². The summed E-state index contributed by atoms with van der Waals surface area (Å²) in [7, 11) is 0. The molecule has 0 radical (unpaired) electrons. The summed E-state index contributed by atoms with van der Waals surface area (Å²) in [6.45, 7) is 11.1. The molecule has 3 aliphatic rings. The van der Waals surface area contributed by atoms with Gasteiger partial charge in [0.05, 0.1) is 25.4 Å². The summed E-state index contributed by atoms with van der Waals surface area (Å²) in [6.07, 6.45) is 1.04. The molecule has 0 unspecified atom stereocenters. The second-order valence-corrected chi connectivity index (χ2v) is 14.7. The van der Waals surface area contributed by atoms with Gasteiger partial charge in [-0.1, -0.05) is 36.4 Å². The van der Waals surface area contributed by atoms with Gasteiger partial charge in [-0.05, 0) is 65.2 Å². The van der Waals surface area contributed by atoms with E-state index in [1.165, 1.54) is 28.8 Å². The number of aromatic nitrogens is 5. The van der Waals surface area contributed by atoms with Crippen molar-refractivity contribution in [3.63, 3.8) is 0 Å². The van der Waals surface area contributed by atoms with Crippen LogP contribution in [0.15, 0.2) is 23.4 Å². The quantitative estimate of drug-likeness (QED) is 0.156. The molecule has 1 aromatic carbocycles. The van der Waals surface area contributed by atoms with E-state index in [4.69, 9.17) is 28.9 Å². The molecule has 6 atom stereocenters. The molecular weight excluding hydrogens is 634 g/mol. The average molecular weight is 677 g/mol. The van der Waals surface area contributed by atoms with Crippen LogP contribution in [0.25, 0.3) is 11.2 Å². The fourth-order valence-corrected chi connectivity index (χ4v) is 7.25. The van der Waals surface area contributed by atoms with E-state index in [1.807, 2.05) is 13.8 Å². The fourth-order valence-electron chi connectivity index (χ4n) is 6.33. The highest BCUT2D eigenvalue weighted by atomic mass is 32.2. The molecule has 3 aromatic rings. The maximum absolute atomic E-state index is 14.2. The molecule has 0 bridgehead atoms. The van der Waals surface area contributed by atoms with E-state index in [-0.39, 0.29) is 37.1 Å². The summed E-state index contributed by atoms with van der Waals surface area (Å²) in [5, 5.41) is 18.9. The molecule has 47 heavy (non-hydrogen) atoms. The lowest BCUT2D eigenvalue weighted by molar-refractivity contribution is -0.171. The van der Waals surface area contributed by atoms with Gasteiger partial charge in [0.15, 0.2) is 39.6 Å². The van der Waals surface area contributed by atoms with Gasteiger partial charge >= 0.3 is 6.09 Å². The van der Waals surface area contributed by atoms with Crippen molar-refractivity contribution >= 4 is 34.8 Å². The Kier molecular flexibility index (Phi) is 9.48. The Labute approximate surface area is 276 Å². The zero-order chi connectivity index (χ0) is 33.7. The summed E-state index contributed by atoms with van der Waals surface area (Å²) in [6, 6.07) is 2.97. The van der Waals surface area contributed by atoms with E-state index in [9.17, 15) is 18.7 Å². The van der Waals surface area contributed by atoms with E-state index in [1.54, 1.807) is 25.5 Å². The number of anilines is 1. The van der Waals surface area contributed by atoms with Gasteiger partial charge in [-0.25, -0.2) is 28.2 Å². The van der Waals surface area contributed by atoms with E-state index in [2.05, 4.69) is 17.2 Å². The van der Waals surface area contributed by atoms with Crippen LogP contribution in [-0.2, 0) is 18.9 Å². The summed E-state index contributed by atoms with van der Waals surface area (Å²) in [4.78, 5) is 25.2. The first-order valence-electron chi connectivity index (χ1n) is 16.1. The van der Waals surface area contributed by atoms with Gasteiger partial charge in [0.2, 0.25) is 0 Å². The fraction of sp³-hybridized carbons (Fsp3) is 0.656. The number of unbranched alkanes of at least 4 members (excludes halogenated alkanes) is 1. The molecule has 1 saturated heterocycles. The molecule has 1 N–H and O–H groups in total. The molecule has 12 nitrogen and oxygen atoms in total. The van der Waals surface area contributed by atoms with E-state index in [0.29, 0.717) is 34.7 Å². The number of halogens is 2. The van der Waals surface area contributed by atoms with Crippen molar-refractivity contribution in [3.05, 3.63) is 35.4 Å². The van der Waals surface area contributed by atoms with Crippen LogP contribution in [0.3, 0.4) is 0 Å². The number of carbonyl (C=O) groups excluding carboxylic acids is 1. The number of carbonyl (C=O) groups is 1. The van der Waals surface area contributed by atoms with Crippen LogP contribution in [0, 0.1) is 11.6 Å². The molecule has 1 amide bonds. The Bertz CT molecular complexity index is 1620. The minimum atomic E-state index is -0.948. The highest BCUT2D eigenvalue weighted by Crippen LogP contribution is 2.49. The first-order chi connectivity index (χ1) is 22.3. The summed E-state index contributed by atoms with van der Waals surface area (Å²) in [5.74, 6) is -2.03. The minimum absolute atomic E-state index is 0.128. The van der Waals surface area contributed by atoms with Crippen LogP contribution >= 0.6 is 11.8 Å². The van der Waals surface area contributed by atoms with Crippen molar-refractivity contribution < 1.29 is 37.6 Å². The van der Waals surface area contributed by atoms with Crippen LogP contribution in [-0.4, -0.2) is 90.9 Å².